The van der Waals surface area contributed by atoms with Crippen LogP contribution in [0.3, 0.4) is 0 Å². The second kappa shape index (κ2) is 5.49. The van der Waals surface area contributed by atoms with Crippen molar-refractivity contribution in [2.75, 3.05) is 10.6 Å². The van der Waals surface area contributed by atoms with Gasteiger partial charge >= 0.3 is 0 Å². The van der Waals surface area contributed by atoms with E-state index in [9.17, 15) is 9.59 Å². The average molecular weight is 320 g/mol. The minimum Gasteiger partial charge on any atom is -0.324 e. The molecule has 6 nitrogen and oxygen atoms in total. The Bertz CT molecular complexity index is 961. The highest BCUT2D eigenvalue weighted by Crippen LogP contribution is 2.31. The Hall–Kier alpha value is -3.15. The molecule has 0 aliphatic carbocycles. The number of aryl methyl sites for hydroxylation is 1. The summed E-state index contributed by atoms with van der Waals surface area (Å²) in [5, 5.41) is 5.64. The van der Waals surface area contributed by atoms with Crippen LogP contribution in [-0.2, 0) is 9.59 Å². The molecule has 2 aromatic carbocycles. The van der Waals surface area contributed by atoms with Crippen molar-refractivity contribution in [3.63, 3.8) is 0 Å². The molecule has 0 saturated carbocycles. The van der Waals surface area contributed by atoms with Gasteiger partial charge in [0.1, 0.15) is 6.04 Å². The lowest BCUT2D eigenvalue weighted by Crippen LogP contribution is -2.35. The highest BCUT2D eigenvalue weighted by atomic mass is 16.2. The zero-order valence-corrected chi connectivity index (χ0v) is 13.1. The smallest absolute Gasteiger partial charge is 0.248 e. The van der Waals surface area contributed by atoms with Gasteiger partial charge in [-0.2, -0.15) is 0 Å². The number of nitrogens with one attached hydrogen (secondary N) is 2. The maximum atomic E-state index is 12.8. The molecule has 24 heavy (non-hydrogen) atoms. The predicted octanol–water partition coefficient (Wildman–Crippen LogP) is 2.87. The van der Waals surface area contributed by atoms with E-state index < -0.39 is 6.04 Å². The van der Waals surface area contributed by atoms with Crippen LogP contribution in [0.4, 0.5) is 11.6 Å². The van der Waals surface area contributed by atoms with Gasteiger partial charge in [-0.05, 0) is 36.8 Å². The van der Waals surface area contributed by atoms with Crippen molar-refractivity contribution in [2.45, 2.75) is 19.4 Å². The molecule has 2 heterocycles. The summed E-state index contributed by atoms with van der Waals surface area (Å²) in [5.74, 6) is -0.0149. The molecule has 2 amide bonds. The monoisotopic (exact) mass is 320 g/mol. The van der Waals surface area contributed by atoms with Crippen LogP contribution in [0, 0.1) is 6.92 Å². The summed E-state index contributed by atoms with van der Waals surface area (Å²) in [7, 11) is 0. The highest BCUT2D eigenvalue weighted by molar-refractivity contribution is 6.02. The number of fused-ring (bicyclic) bond motifs is 3. The third-order valence-corrected chi connectivity index (χ3v) is 4.13. The zero-order chi connectivity index (χ0) is 16.7. The van der Waals surface area contributed by atoms with Crippen LogP contribution in [0.5, 0.6) is 0 Å². The second-order valence-electron chi connectivity index (χ2n) is 5.92. The summed E-state index contributed by atoms with van der Waals surface area (Å²) in [5.41, 5.74) is 3.36. The van der Waals surface area contributed by atoms with Crippen LogP contribution in [0.1, 0.15) is 18.0 Å². The fourth-order valence-electron chi connectivity index (χ4n) is 3.05. The lowest BCUT2D eigenvalue weighted by molar-refractivity contribution is -0.124. The summed E-state index contributed by atoms with van der Waals surface area (Å²) >= 11 is 0. The van der Waals surface area contributed by atoms with Gasteiger partial charge in [-0.25, -0.2) is 4.98 Å². The molecule has 6 heteroatoms. The summed E-state index contributed by atoms with van der Waals surface area (Å²) in [6.07, 6.45) is 0.0883. The second-order valence-corrected chi connectivity index (χ2v) is 5.92. The number of aromatic nitrogens is 2. The number of amides is 2. The van der Waals surface area contributed by atoms with E-state index in [2.05, 4.69) is 15.6 Å². The molecule has 2 N–H and O–H groups in total. The first-order valence-electron chi connectivity index (χ1n) is 7.76. The van der Waals surface area contributed by atoms with Gasteiger partial charge in [-0.1, -0.05) is 24.3 Å². The van der Waals surface area contributed by atoms with E-state index in [-0.39, 0.29) is 18.2 Å². The fraction of sp³-hybridized carbons (Fsp3) is 0.167. The van der Waals surface area contributed by atoms with E-state index in [1.807, 2.05) is 55.5 Å². The Balaban J connectivity index is 1.73. The molecule has 0 saturated heterocycles. The molecular weight excluding hydrogens is 304 g/mol. The molecular formula is C18H16N4O2. The van der Waals surface area contributed by atoms with Crippen LogP contribution in [0.25, 0.3) is 11.0 Å². The van der Waals surface area contributed by atoms with Gasteiger partial charge in [0, 0.05) is 5.69 Å². The van der Waals surface area contributed by atoms with E-state index >= 15 is 0 Å². The van der Waals surface area contributed by atoms with Crippen molar-refractivity contribution in [1.82, 2.24) is 9.55 Å². The Morgan fingerprint density at radius 2 is 2.08 bits per heavy atom. The fourth-order valence-corrected chi connectivity index (χ4v) is 3.05. The summed E-state index contributed by atoms with van der Waals surface area (Å²) in [6.45, 7) is 1.96. The van der Waals surface area contributed by atoms with Crippen molar-refractivity contribution in [1.29, 1.82) is 0 Å². The third kappa shape index (κ3) is 2.42. The van der Waals surface area contributed by atoms with Gasteiger partial charge in [-0.15, -0.1) is 0 Å². The van der Waals surface area contributed by atoms with Crippen molar-refractivity contribution in [3.05, 3.63) is 54.1 Å². The van der Waals surface area contributed by atoms with Crippen LogP contribution in [-0.4, -0.2) is 21.4 Å². The van der Waals surface area contributed by atoms with Crippen molar-refractivity contribution in [2.24, 2.45) is 0 Å². The van der Waals surface area contributed by atoms with Crippen LogP contribution in [0.2, 0.25) is 0 Å². The maximum absolute atomic E-state index is 12.8. The molecule has 0 bridgehead atoms. The lowest BCUT2D eigenvalue weighted by atomic mass is 10.1. The topological polar surface area (TPSA) is 76.0 Å². The number of hydrogen-bond donors (Lipinski definition) is 2. The SMILES string of the molecule is Cc1cccc(NC(=O)[C@@H]2CC(=O)Nc3nc4ccccc4n32)c1. The number of benzene rings is 2. The normalized spacial score (nSPS) is 16.5. The molecule has 0 fully saturated rings. The largest absolute Gasteiger partial charge is 0.324 e. The standard InChI is InChI=1S/C18H16N4O2/c1-11-5-4-6-12(9-11)19-17(24)15-10-16(23)21-18-20-13-7-2-3-8-14(13)22(15)18/h2-9,15H,10H2,1H3,(H,19,24)(H,20,21,23)/t15-/m0/s1. The predicted molar refractivity (Wildman–Crippen MR) is 91.8 cm³/mol. The molecule has 0 unspecified atom stereocenters. The molecule has 3 aromatic rings. The quantitative estimate of drug-likeness (QED) is 0.762. The molecule has 0 spiro atoms. The van der Waals surface area contributed by atoms with Gasteiger partial charge in [0.2, 0.25) is 17.8 Å². The van der Waals surface area contributed by atoms with Gasteiger partial charge in [0.25, 0.3) is 0 Å². The number of para-hydroxylation sites is 2. The maximum Gasteiger partial charge on any atom is 0.248 e. The highest BCUT2D eigenvalue weighted by Gasteiger charge is 2.32. The Kier molecular flexibility index (Phi) is 3.30. The van der Waals surface area contributed by atoms with Crippen molar-refractivity contribution in [3.8, 4) is 0 Å². The van der Waals surface area contributed by atoms with Gasteiger partial charge < -0.3 is 5.32 Å². The molecule has 1 aliphatic rings. The minimum atomic E-state index is -0.623. The first-order valence-corrected chi connectivity index (χ1v) is 7.76. The molecule has 1 aromatic heterocycles. The zero-order valence-electron chi connectivity index (χ0n) is 13.1. The molecule has 0 radical (unpaired) electrons. The van der Waals surface area contributed by atoms with Gasteiger partial charge in [0.05, 0.1) is 17.5 Å². The summed E-state index contributed by atoms with van der Waals surface area (Å²) < 4.78 is 1.79. The first kappa shape index (κ1) is 14.4. The van der Waals surface area contributed by atoms with E-state index in [0.29, 0.717) is 5.95 Å². The third-order valence-electron chi connectivity index (χ3n) is 4.13. The number of imidazole rings is 1. The average Bonchev–Trinajstić information content (AvgIpc) is 2.92. The Morgan fingerprint density at radius 1 is 1.25 bits per heavy atom. The van der Waals surface area contributed by atoms with E-state index in [0.717, 1.165) is 22.3 Å². The van der Waals surface area contributed by atoms with Crippen LogP contribution < -0.4 is 10.6 Å². The van der Waals surface area contributed by atoms with E-state index in [1.54, 1.807) is 4.57 Å². The van der Waals surface area contributed by atoms with Crippen molar-refractivity contribution >= 4 is 34.5 Å². The molecule has 1 aliphatic heterocycles. The first-order chi connectivity index (χ1) is 11.6. The number of nitrogens with zero attached hydrogens (tertiary/aromatic N) is 2. The van der Waals surface area contributed by atoms with Crippen LogP contribution in [0.15, 0.2) is 48.5 Å². The van der Waals surface area contributed by atoms with Gasteiger partial charge in [0.15, 0.2) is 0 Å². The number of carbonyl (C=O) groups is 2. The number of carbonyl (C=O) groups excluding carboxylic acids is 2. The van der Waals surface area contributed by atoms with E-state index in [1.165, 1.54) is 0 Å². The lowest BCUT2D eigenvalue weighted by Gasteiger charge is -2.25. The van der Waals surface area contributed by atoms with E-state index in [4.69, 9.17) is 0 Å². The van der Waals surface area contributed by atoms with Gasteiger partial charge in [-0.3, -0.25) is 19.5 Å². The number of rotatable bonds is 2. The molecule has 1 atom stereocenters. The Labute approximate surface area is 138 Å². The van der Waals surface area contributed by atoms with Crippen LogP contribution >= 0.6 is 0 Å². The minimum absolute atomic E-state index is 0.0883. The van der Waals surface area contributed by atoms with Crippen molar-refractivity contribution < 1.29 is 9.59 Å². The summed E-state index contributed by atoms with van der Waals surface area (Å²) in [4.78, 5) is 29.2. The Morgan fingerprint density at radius 3 is 2.92 bits per heavy atom. The molecule has 120 valence electrons. The summed E-state index contributed by atoms with van der Waals surface area (Å²) in [6, 6.07) is 14.5. The number of anilines is 2. The number of hydrogen-bond acceptors (Lipinski definition) is 3. The molecule has 4 rings (SSSR count).